The maximum Gasteiger partial charge on any atom is 0.242 e. The molecule has 1 atom stereocenters. The highest BCUT2D eigenvalue weighted by molar-refractivity contribution is 7.89. The van der Waals surface area contributed by atoms with Crippen molar-refractivity contribution in [3.8, 4) is 0 Å². The van der Waals surface area contributed by atoms with Crippen molar-refractivity contribution in [3.05, 3.63) is 17.3 Å². The number of nitrogens with one attached hydrogen (secondary N) is 2. The lowest BCUT2D eigenvalue weighted by molar-refractivity contribution is 0.534. The van der Waals surface area contributed by atoms with Crippen LogP contribution in [0.1, 0.15) is 40.0 Å². The molecule has 0 amide bonds. The molecule has 1 heterocycles. The summed E-state index contributed by atoms with van der Waals surface area (Å²) in [5.41, 5.74) is 0. The molecule has 114 valence electrons. The summed E-state index contributed by atoms with van der Waals surface area (Å²) in [7, 11) is -3.57. The van der Waals surface area contributed by atoms with E-state index in [1.807, 2.05) is 13.8 Å². The minimum Gasteiger partial charge on any atom is -0.369 e. The number of aromatic nitrogens is 1. The van der Waals surface area contributed by atoms with Crippen molar-refractivity contribution in [2.75, 3.05) is 11.9 Å². The van der Waals surface area contributed by atoms with E-state index in [1.165, 1.54) is 12.3 Å². The van der Waals surface area contributed by atoms with Crippen LogP contribution in [0.3, 0.4) is 0 Å². The quantitative estimate of drug-likeness (QED) is 0.772. The third kappa shape index (κ3) is 4.92. The smallest absolute Gasteiger partial charge is 0.242 e. The van der Waals surface area contributed by atoms with E-state index in [0.29, 0.717) is 17.4 Å². The molecule has 0 aliphatic heterocycles. The number of anilines is 1. The minimum absolute atomic E-state index is 0.0903. The molecule has 7 heteroatoms. The number of hydrogen-bond donors (Lipinski definition) is 2. The van der Waals surface area contributed by atoms with Crippen molar-refractivity contribution < 1.29 is 8.42 Å². The first-order valence-corrected chi connectivity index (χ1v) is 8.68. The Morgan fingerprint density at radius 3 is 2.65 bits per heavy atom. The molecule has 1 aromatic heterocycles. The zero-order chi connectivity index (χ0) is 15.2. The Bertz CT molecular complexity index is 534. The Hall–Kier alpha value is -0.850. The van der Waals surface area contributed by atoms with Crippen LogP contribution in [-0.4, -0.2) is 26.0 Å². The van der Waals surface area contributed by atoms with E-state index in [9.17, 15) is 8.42 Å². The lowest BCUT2D eigenvalue weighted by Crippen LogP contribution is -2.32. The predicted octanol–water partition coefficient (Wildman–Crippen LogP) is 3.02. The van der Waals surface area contributed by atoms with Crippen LogP contribution in [0, 0.1) is 0 Å². The lowest BCUT2D eigenvalue weighted by atomic mass is 10.2. The lowest BCUT2D eigenvalue weighted by Gasteiger charge is -2.14. The van der Waals surface area contributed by atoms with Gasteiger partial charge in [0.2, 0.25) is 10.0 Å². The molecule has 0 radical (unpaired) electrons. The molecular formula is C13H22ClN3O2S. The highest BCUT2D eigenvalue weighted by Crippen LogP contribution is 2.22. The van der Waals surface area contributed by atoms with E-state index < -0.39 is 10.0 Å². The van der Waals surface area contributed by atoms with Crippen molar-refractivity contribution in [1.29, 1.82) is 0 Å². The molecule has 0 bridgehead atoms. The Morgan fingerprint density at radius 2 is 2.10 bits per heavy atom. The van der Waals surface area contributed by atoms with Gasteiger partial charge in [-0.05, 0) is 26.3 Å². The van der Waals surface area contributed by atoms with Gasteiger partial charge < -0.3 is 5.32 Å². The van der Waals surface area contributed by atoms with Crippen molar-refractivity contribution in [2.45, 2.75) is 51.0 Å². The van der Waals surface area contributed by atoms with Gasteiger partial charge in [-0.15, -0.1) is 0 Å². The largest absolute Gasteiger partial charge is 0.369 e. The first-order valence-electron chi connectivity index (χ1n) is 6.82. The monoisotopic (exact) mass is 319 g/mol. The van der Waals surface area contributed by atoms with Gasteiger partial charge in [0.1, 0.15) is 10.7 Å². The summed E-state index contributed by atoms with van der Waals surface area (Å²) < 4.78 is 27.0. The van der Waals surface area contributed by atoms with Crippen LogP contribution in [0.4, 0.5) is 5.82 Å². The van der Waals surface area contributed by atoms with Gasteiger partial charge in [-0.3, -0.25) is 0 Å². The Labute approximate surface area is 126 Å². The summed E-state index contributed by atoms with van der Waals surface area (Å²) in [6.45, 7) is 6.52. The molecule has 0 saturated carbocycles. The SMILES string of the molecule is CCCCC(C)NS(=O)(=O)c1cnc(NCC)c(Cl)c1. The summed E-state index contributed by atoms with van der Waals surface area (Å²) in [5.74, 6) is 0.493. The number of halogens is 1. The van der Waals surface area contributed by atoms with Crippen LogP contribution in [0.5, 0.6) is 0 Å². The second-order valence-corrected chi connectivity index (χ2v) is 6.82. The van der Waals surface area contributed by atoms with E-state index in [0.717, 1.165) is 19.3 Å². The molecule has 5 nitrogen and oxygen atoms in total. The fraction of sp³-hybridized carbons (Fsp3) is 0.615. The Kier molecular flexibility index (Phi) is 6.71. The average Bonchev–Trinajstić information content (AvgIpc) is 2.38. The Morgan fingerprint density at radius 1 is 1.40 bits per heavy atom. The minimum atomic E-state index is -3.57. The van der Waals surface area contributed by atoms with Crippen molar-refractivity contribution >= 4 is 27.4 Å². The maximum atomic E-state index is 12.2. The van der Waals surface area contributed by atoms with E-state index in [4.69, 9.17) is 11.6 Å². The average molecular weight is 320 g/mol. The van der Waals surface area contributed by atoms with Crippen LogP contribution in [0.25, 0.3) is 0 Å². The van der Waals surface area contributed by atoms with Gasteiger partial charge in [0.05, 0.1) is 5.02 Å². The summed E-state index contributed by atoms with van der Waals surface area (Å²) in [4.78, 5) is 4.13. The van der Waals surface area contributed by atoms with Crippen molar-refractivity contribution in [3.63, 3.8) is 0 Å². The number of unbranched alkanes of at least 4 members (excludes halogenated alkanes) is 1. The second kappa shape index (κ2) is 7.81. The van der Waals surface area contributed by atoms with Gasteiger partial charge in [0.25, 0.3) is 0 Å². The van der Waals surface area contributed by atoms with Gasteiger partial charge in [-0.1, -0.05) is 31.4 Å². The first kappa shape index (κ1) is 17.2. The van der Waals surface area contributed by atoms with Crippen LogP contribution in [0.15, 0.2) is 17.2 Å². The van der Waals surface area contributed by atoms with Gasteiger partial charge >= 0.3 is 0 Å². The molecular weight excluding hydrogens is 298 g/mol. The molecule has 0 saturated heterocycles. The highest BCUT2D eigenvalue weighted by Gasteiger charge is 2.19. The molecule has 1 rings (SSSR count). The van der Waals surface area contributed by atoms with Crippen LogP contribution < -0.4 is 10.0 Å². The first-order chi connectivity index (χ1) is 9.40. The third-order valence-electron chi connectivity index (χ3n) is 2.82. The molecule has 2 N–H and O–H groups in total. The number of nitrogens with zero attached hydrogens (tertiary/aromatic N) is 1. The standard InChI is InChI=1S/C13H22ClN3O2S/c1-4-6-7-10(3)17-20(18,19)11-8-12(14)13(15-5-2)16-9-11/h8-10,17H,4-7H2,1-3H3,(H,15,16). The third-order valence-corrected chi connectivity index (χ3v) is 4.66. The van der Waals surface area contributed by atoms with Gasteiger partial charge in [0.15, 0.2) is 0 Å². The summed E-state index contributed by atoms with van der Waals surface area (Å²) in [5, 5.41) is 3.27. The maximum absolute atomic E-state index is 12.2. The van der Waals surface area contributed by atoms with E-state index in [1.54, 1.807) is 0 Å². The van der Waals surface area contributed by atoms with Crippen molar-refractivity contribution in [2.24, 2.45) is 0 Å². The predicted molar refractivity (Wildman–Crippen MR) is 82.7 cm³/mol. The summed E-state index contributed by atoms with van der Waals surface area (Å²) >= 11 is 6.02. The molecule has 1 aromatic rings. The van der Waals surface area contributed by atoms with Gasteiger partial charge in [-0.2, -0.15) is 0 Å². The van der Waals surface area contributed by atoms with Crippen LogP contribution in [-0.2, 0) is 10.0 Å². The van der Waals surface area contributed by atoms with Gasteiger partial charge in [-0.25, -0.2) is 18.1 Å². The summed E-state index contributed by atoms with van der Waals surface area (Å²) in [6.07, 6.45) is 4.16. The molecule has 20 heavy (non-hydrogen) atoms. The molecule has 0 aliphatic carbocycles. The fourth-order valence-electron chi connectivity index (χ4n) is 1.77. The van der Waals surface area contributed by atoms with Crippen molar-refractivity contribution in [1.82, 2.24) is 9.71 Å². The van der Waals surface area contributed by atoms with E-state index >= 15 is 0 Å². The second-order valence-electron chi connectivity index (χ2n) is 4.70. The van der Waals surface area contributed by atoms with Crippen LogP contribution >= 0.6 is 11.6 Å². The molecule has 1 unspecified atom stereocenters. The molecule has 0 spiro atoms. The molecule has 0 aliphatic rings. The zero-order valence-corrected chi connectivity index (χ0v) is 13.7. The number of pyridine rings is 1. The topological polar surface area (TPSA) is 71.1 Å². The molecule has 0 fully saturated rings. The number of sulfonamides is 1. The Balaban J connectivity index is 2.84. The van der Waals surface area contributed by atoms with Gasteiger partial charge in [0, 0.05) is 18.8 Å². The normalized spacial score (nSPS) is 13.2. The molecule has 0 aromatic carbocycles. The van der Waals surface area contributed by atoms with Crippen LogP contribution in [0.2, 0.25) is 5.02 Å². The number of hydrogen-bond acceptors (Lipinski definition) is 4. The zero-order valence-electron chi connectivity index (χ0n) is 12.1. The van der Waals surface area contributed by atoms with E-state index in [-0.39, 0.29) is 10.9 Å². The van der Waals surface area contributed by atoms with E-state index in [2.05, 4.69) is 21.9 Å². The highest BCUT2D eigenvalue weighted by atomic mass is 35.5. The fourth-order valence-corrected chi connectivity index (χ4v) is 3.31. The number of rotatable bonds is 8. The summed E-state index contributed by atoms with van der Waals surface area (Å²) in [6, 6.07) is 1.31.